The second-order valence-electron chi connectivity index (χ2n) is 6.57. The fourth-order valence-corrected chi connectivity index (χ4v) is 2.94. The zero-order valence-electron chi connectivity index (χ0n) is 15.7. The Morgan fingerprint density at radius 3 is 2.56 bits per heavy atom. The number of esters is 1. The van der Waals surface area contributed by atoms with Crippen molar-refractivity contribution in [2.45, 2.75) is 20.8 Å². The van der Waals surface area contributed by atoms with Crippen LogP contribution in [0.15, 0.2) is 42.5 Å². The second-order valence-corrected chi connectivity index (χ2v) is 6.57. The molecule has 0 aliphatic heterocycles. The normalized spacial score (nSPS) is 10.4. The first kappa shape index (κ1) is 18.4. The van der Waals surface area contributed by atoms with Gasteiger partial charge in [0.05, 0.1) is 23.2 Å². The lowest BCUT2D eigenvalue weighted by Crippen LogP contribution is -2.15. The first-order chi connectivity index (χ1) is 13.0. The molecule has 0 saturated carbocycles. The topological polar surface area (TPSA) is 75.0 Å². The van der Waals surface area contributed by atoms with E-state index in [0.29, 0.717) is 23.5 Å². The van der Waals surface area contributed by atoms with Gasteiger partial charge >= 0.3 is 5.97 Å². The third-order valence-electron chi connectivity index (χ3n) is 4.32. The van der Waals surface area contributed by atoms with E-state index in [1.165, 1.54) is 0 Å². The Morgan fingerprint density at radius 1 is 1.11 bits per heavy atom. The Balaban J connectivity index is 1.67. The maximum atomic E-state index is 12.0. The lowest BCUT2D eigenvalue weighted by atomic mass is 10.0. The first-order valence-corrected chi connectivity index (χ1v) is 8.77. The molecule has 3 aromatic rings. The summed E-state index contributed by atoms with van der Waals surface area (Å²) in [6, 6.07) is 15.3. The lowest BCUT2D eigenvalue weighted by molar-refractivity contribution is 0.0520. The number of anilines is 1. The molecular formula is C22H21N3O2. The van der Waals surface area contributed by atoms with Crippen molar-refractivity contribution in [3.05, 3.63) is 70.3 Å². The third kappa shape index (κ3) is 4.24. The summed E-state index contributed by atoms with van der Waals surface area (Å²) in [7, 11) is 0. The number of rotatable bonds is 5. The highest BCUT2D eigenvalue weighted by Gasteiger charge is 2.10. The number of carbonyl (C=O) groups excluding carboxylic acids is 1. The van der Waals surface area contributed by atoms with Gasteiger partial charge < -0.3 is 10.1 Å². The van der Waals surface area contributed by atoms with Gasteiger partial charge in [0, 0.05) is 5.39 Å². The number of pyridine rings is 1. The van der Waals surface area contributed by atoms with Crippen molar-refractivity contribution >= 4 is 22.7 Å². The van der Waals surface area contributed by atoms with Gasteiger partial charge in [-0.15, -0.1) is 0 Å². The largest absolute Gasteiger partial charge is 0.460 e. The quantitative estimate of drug-likeness (QED) is 0.543. The van der Waals surface area contributed by atoms with Gasteiger partial charge in [-0.05, 0) is 56.2 Å². The van der Waals surface area contributed by atoms with Gasteiger partial charge in [0.2, 0.25) is 0 Å². The van der Waals surface area contributed by atoms with Crippen LogP contribution in [0.4, 0.5) is 5.82 Å². The molecule has 0 aliphatic carbocycles. The summed E-state index contributed by atoms with van der Waals surface area (Å²) in [6.07, 6.45) is 0. The molecule has 0 unspecified atom stereocenters. The summed E-state index contributed by atoms with van der Waals surface area (Å²) in [5.41, 5.74) is 5.13. The number of fused-ring (bicyclic) bond motifs is 1. The van der Waals surface area contributed by atoms with Crippen molar-refractivity contribution in [2.24, 2.45) is 0 Å². The number of aromatic nitrogens is 1. The molecule has 5 nitrogen and oxygen atoms in total. The number of nitriles is 1. The van der Waals surface area contributed by atoms with Crippen LogP contribution in [0.2, 0.25) is 0 Å². The van der Waals surface area contributed by atoms with Crippen molar-refractivity contribution in [3.63, 3.8) is 0 Å². The van der Waals surface area contributed by atoms with E-state index in [4.69, 9.17) is 4.74 Å². The Hall–Kier alpha value is -3.39. The van der Waals surface area contributed by atoms with E-state index in [0.717, 1.165) is 27.6 Å². The van der Waals surface area contributed by atoms with Crippen molar-refractivity contribution in [3.8, 4) is 6.07 Å². The zero-order chi connectivity index (χ0) is 19.4. The molecule has 3 rings (SSSR count). The summed E-state index contributed by atoms with van der Waals surface area (Å²) in [6.45, 7) is 6.55. The van der Waals surface area contributed by atoms with Gasteiger partial charge in [0.25, 0.3) is 0 Å². The molecule has 0 amide bonds. The molecule has 0 saturated heterocycles. The summed E-state index contributed by atoms with van der Waals surface area (Å²) in [5.74, 6) is 0.136. The SMILES string of the molecule is Cc1ccc(C(=O)OCCNc2nc3cc(C)cc(C)c3cc2C#N)cc1. The molecule has 1 N–H and O–H groups in total. The summed E-state index contributed by atoms with van der Waals surface area (Å²) in [5, 5.41) is 13.5. The number of nitrogens with one attached hydrogen (secondary N) is 1. The van der Waals surface area contributed by atoms with Crippen LogP contribution in [-0.2, 0) is 4.74 Å². The molecule has 0 aliphatic rings. The van der Waals surface area contributed by atoms with Gasteiger partial charge in [0.1, 0.15) is 18.5 Å². The summed E-state index contributed by atoms with van der Waals surface area (Å²) in [4.78, 5) is 16.6. The minimum absolute atomic E-state index is 0.185. The van der Waals surface area contributed by atoms with Crippen LogP contribution >= 0.6 is 0 Å². The number of benzene rings is 2. The Morgan fingerprint density at radius 2 is 1.85 bits per heavy atom. The van der Waals surface area contributed by atoms with E-state index in [2.05, 4.69) is 22.4 Å². The number of ether oxygens (including phenoxy) is 1. The molecule has 1 aromatic heterocycles. The van der Waals surface area contributed by atoms with Crippen LogP contribution < -0.4 is 5.32 Å². The smallest absolute Gasteiger partial charge is 0.338 e. The number of aryl methyl sites for hydroxylation is 3. The average molecular weight is 359 g/mol. The monoisotopic (exact) mass is 359 g/mol. The van der Waals surface area contributed by atoms with Crippen LogP contribution in [0.1, 0.15) is 32.6 Å². The molecular weight excluding hydrogens is 338 g/mol. The van der Waals surface area contributed by atoms with Gasteiger partial charge in [-0.25, -0.2) is 9.78 Å². The van der Waals surface area contributed by atoms with Crippen LogP contribution in [-0.4, -0.2) is 24.1 Å². The van der Waals surface area contributed by atoms with Crippen molar-refractivity contribution in [2.75, 3.05) is 18.5 Å². The molecule has 27 heavy (non-hydrogen) atoms. The maximum Gasteiger partial charge on any atom is 0.338 e. The van der Waals surface area contributed by atoms with E-state index in [9.17, 15) is 10.1 Å². The van der Waals surface area contributed by atoms with Gasteiger partial charge in [-0.1, -0.05) is 23.8 Å². The zero-order valence-corrected chi connectivity index (χ0v) is 15.7. The molecule has 5 heteroatoms. The van der Waals surface area contributed by atoms with E-state index < -0.39 is 0 Å². The average Bonchev–Trinajstić information content (AvgIpc) is 2.65. The number of nitrogens with zero attached hydrogens (tertiary/aromatic N) is 2. The van der Waals surface area contributed by atoms with E-state index in [-0.39, 0.29) is 12.6 Å². The van der Waals surface area contributed by atoms with Gasteiger partial charge in [0.15, 0.2) is 0 Å². The molecule has 1 heterocycles. The minimum atomic E-state index is -0.366. The number of carbonyl (C=O) groups is 1. The van der Waals surface area contributed by atoms with E-state index >= 15 is 0 Å². The fraction of sp³-hybridized carbons (Fsp3) is 0.227. The van der Waals surface area contributed by atoms with Crippen LogP contribution in [0.3, 0.4) is 0 Å². The molecule has 0 fully saturated rings. The number of hydrogen-bond acceptors (Lipinski definition) is 5. The van der Waals surface area contributed by atoms with Crippen molar-refractivity contribution in [1.29, 1.82) is 5.26 Å². The standard InChI is InChI=1S/C22H21N3O2/c1-14-4-6-17(7-5-14)22(26)27-9-8-24-21-18(13-23)12-19-16(3)10-15(2)11-20(19)25-21/h4-7,10-12H,8-9H2,1-3H3,(H,24,25). The molecule has 0 spiro atoms. The highest BCUT2D eigenvalue weighted by atomic mass is 16.5. The fourth-order valence-electron chi connectivity index (χ4n) is 2.94. The highest BCUT2D eigenvalue weighted by molar-refractivity contribution is 5.89. The predicted molar refractivity (Wildman–Crippen MR) is 106 cm³/mol. The van der Waals surface area contributed by atoms with Crippen molar-refractivity contribution in [1.82, 2.24) is 4.98 Å². The molecule has 0 bridgehead atoms. The predicted octanol–water partition coefficient (Wildman–Crippen LogP) is 4.30. The molecule has 0 radical (unpaired) electrons. The minimum Gasteiger partial charge on any atom is -0.460 e. The van der Waals surface area contributed by atoms with E-state index in [1.807, 2.05) is 45.0 Å². The summed E-state index contributed by atoms with van der Waals surface area (Å²) < 4.78 is 5.28. The maximum absolute atomic E-state index is 12.0. The van der Waals surface area contributed by atoms with Crippen LogP contribution in [0.25, 0.3) is 10.9 Å². The molecule has 2 aromatic carbocycles. The van der Waals surface area contributed by atoms with Crippen LogP contribution in [0, 0.1) is 32.1 Å². The summed E-state index contributed by atoms with van der Waals surface area (Å²) >= 11 is 0. The Kier molecular flexibility index (Phi) is 5.37. The highest BCUT2D eigenvalue weighted by Crippen LogP contribution is 2.24. The molecule has 136 valence electrons. The third-order valence-corrected chi connectivity index (χ3v) is 4.32. The van der Waals surface area contributed by atoms with Gasteiger partial charge in [-0.2, -0.15) is 5.26 Å². The van der Waals surface area contributed by atoms with E-state index in [1.54, 1.807) is 12.1 Å². The van der Waals surface area contributed by atoms with Crippen LogP contribution in [0.5, 0.6) is 0 Å². The lowest BCUT2D eigenvalue weighted by Gasteiger charge is -2.11. The van der Waals surface area contributed by atoms with Crippen molar-refractivity contribution < 1.29 is 9.53 Å². The van der Waals surface area contributed by atoms with Gasteiger partial charge in [-0.3, -0.25) is 0 Å². The Labute approximate surface area is 158 Å². The molecule has 0 atom stereocenters. The first-order valence-electron chi connectivity index (χ1n) is 8.77. The second kappa shape index (κ2) is 7.88. The Bertz CT molecular complexity index is 1030. The number of hydrogen-bond donors (Lipinski definition) is 1.